The molecule has 2 aromatic heterocycles. The van der Waals surface area contributed by atoms with Crippen molar-refractivity contribution in [2.24, 2.45) is 11.1 Å². The van der Waals surface area contributed by atoms with Crippen molar-refractivity contribution in [3.05, 3.63) is 65.4 Å². The normalized spacial score (nSPS) is 24.4. The van der Waals surface area contributed by atoms with Gasteiger partial charge in [0.1, 0.15) is 5.82 Å². The number of benzene rings is 2. The Morgan fingerprint density at radius 1 is 1.07 bits per heavy atom. The van der Waals surface area contributed by atoms with Crippen LogP contribution < -0.4 is 20.4 Å². The van der Waals surface area contributed by atoms with Crippen molar-refractivity contribution in [2.45, 2.75) is 50.3 Å². The van der Waals surface area contributed by atoms with Crippen LogP contribution in [-0.2, 0) is 11.2 Å². The smallest absolute Gasteiger partial charge is 0.183 e. The van der Waals surface area contributed by atoms with Gasteiger partial charge in [0, 0.05) is 45.4 Å². The van der Waals surface area contributed by atoms with Gasteiger partial charge in [0.2, 0.25) is 0 Å². The van der Waals surface area contributed by atoms with Gasteiger partial charge in [-0.2, -0.15) is 10.4 Å². The predicted molar refractivity (Wildman–Crippen MR) is 162 cm³/mol. The number of nitriles is 1. The molecule has 0 bridgehead atoms. The predicted octanol–water partition coefficient (Wildman–Crippen LogP) is 4.20. The molecule has 0 amide bonds. The van der Waals surface area contributed by atoms with Crippen LogP contribution in [0, 0.1) is 16.7 Å². The molecular formula is C32H35N9O. The maximum Gasteiger partial charge on any atom is 0.183 e. The summed E-state index contributed by atoms with van der Waals surface area (Å²) in [4.78, 5) is 16.8. The van der Waals surface area contributed by atoms with E-state index in [0.717, 1.165) is 86.8 Å². The third-order valence-corrected chi connectivity index (χ3v) is 10.3. The van der Waals surface area contributed by atoms with E-state index in [0.29, 0.717) is 23.4 Å². The van der Waals surface area contributed by atoms with Crippen LogP contribution in [0.25, 0.3) is 11.2 Å². The largest absolute Gasteiger partial charge is 0.381 e. The Morgan fingerprint density at radius 3 is 2.69 bits per heavy atom. The molecule has 10 nitrogen and oxygen atoms in total. The zero-order chi connectivity index (χ0) is 28.4. The number of nitrogens with one attached hydrogen (secondary N) is 1. The van der Waals surface area contributed by atoms with E-state index in [1.807, 2.05) is 24.4 Å². The van der Waals surface area contributed by atoms with Crippen molar-refractivity contribution in [1.29, 1.82) is 5.26 Å². The lowest BCUT2D eigenvalue weighted by atomic mass is 9.73. The van der Waals surface area contributed by atoms with E-state index in [9.17, 15) is 5.26 Å². The number of nitrogens with two attached hydrogens (primary N) is 1. The van der Waals surface area contributed by atoms with Crippen LogP contribution in [0.1, 0.15) is 48.4 Å². The summed E-state index contributed by atoms with van der Waals surface area (Å²) in [6, 6.07) is 17.4. The third-order valence-electron chi connectivity index (χ3n) is 10.3. The first-order valence-corrected chi connectivity index (χ1v) is 15.0. The molecule has 8 rings (SSSR count). The molecule has 1 saturated heterocycles. The van der Waals surface area contributed by atoms with Gasteiger partial charge in [-0.1, -0.05) is 24.3 Å². The van der Waals surface area contributed by atoms with Crippen LogP contribution in [0.5, 0.6) is 0 Å². The molecule has 0 radical (unpaired) electrons. The molecule has 10 heteroatoms. The Hall–Kier alpha value is -4.20. The molecule has 4 aromatic rings. The fraction of sp³-hybridized carbons (Fsp3) is 0.438. The zero-order valence-corrected chi connectivity index (χ0v) is 23.8. The average molecular weight is 562 g/mol. The second-order valence-electron chi connectivity index (χ2n) is 12.3. The van der Waals surface area contributed by atoms with Crippen LogP contribution in [-0.4, -0.2) is 65.6 Å². The molecule has 1 atom stereocenters. The van der Waals surface area contributed by atoms with Gasteiger partial charge in [0.05, 0.1) is 35.3 Å². The number of methoxy groups -OCH3 is 1. The van der Waals surface area contributed by atoms with Gasteiger partial charge in [-0.3, -0.25) is 5.10 Å². The van der Waals surface area contributed by atoms with E-state index in [1.165, 1.54) is 11.1 Å². The first kappa shape index (κ1) is 25.5. The third kappa shape index (κ3) is 3.87. The highest BCUT2D eigenvalue weighted by atomic mass is 16.5. The number of ether oxygens (including phenoxy) is 1. The van der Waals surface area contributed by atoms with Crippen LogP contribution in [0.2, 0.25) is 0 Å². The molecule has 1 spiro atoms. The number of H-pyrrole nitrogens is 1. The minimum absolute atomic E-state index is 0.0952. The van der Waals surface area contributed by atoms with Crippen LogP contribution in [0.15, 0.2) is 48.7 Å². The molecule has 2 aromatic carbocycles. The van der Waals surface area contributed by atoms with Gasteiger partial charge in [0.25, 0.3) is 0 Å². The highest BCUT2D eigenvalue weighted by molar-refractivity contribution is 5.90. The standard InChI is InChI=1S/C32H35N9O/c1-42-23-15-22(16-23)40-12-13-41(25-7-6-20(18-33)14-26(25)40)31-28-30(37-38-31)36-27(19-35-28)39-10-8-32(9-11-39)17-21-4-2-3-5-24(21)29(32)34/h2-7,14,19,22-23,29H,8-13,15-17,34H2,1H3,(H,36,37,38)/t22-,23+,29?. The summed E-state index contributed by atoms with van der Waals surface area (Å²) in [6.45, 7) is 3.42. The summed E-state index contributed by atoms with van der Waals surface area (Å²) in [5, 5.41) is 17.5. The average Bonchev–Trinajstić information content (AvgIpc) is 3.55. The van der Waals surface area contributed by atoms with Crippen LogP contribution in [0.4, 0.5) is 23.0 Å². The van der Waals surface area contributed by atoms with Gasteiger partial charge in [0.15, 0.2) is 17.0 Å². The summed E-state index contributed by atoms with van der Waals surface area (Å²) >= 11 is 0. The highest BCUT2D eigenvalue weighted by Crippen LogP contribution is 2.51. The number of aromatic nitrogens is 4. The van der Waals surface area contributed by atoms with E-state index in [4.69, 9.17) is 25.5 Å². The topological polar surface area (TPSA) is 123 Å². The van der Waals surface area contributed by atoms with E-state index in [2.05, 4.69) is 50.1 Å². The lowest BCUT2D eigenvalue weighted by Crippen LogP contribution is -2.52. The second kappa shape index (κ2) is 9.68. The summed E-state index contributed by atoms with van der Waals surface area (Å²) in [7, 11) is 1.78. The maximum absolute atomic E-state index is 9.61. The second-order valence-corrected chi connectivity index (χ2v) is 12.3. The van der Waals surface area contributed by atoms with Crippen molar-refractivity contribution in [1.82, 2.24) is 20.2 Å². The molecule has 214 valence electrons. The lowest BCUT2D eigenvalue weighted by molar-refractivity contribution is 0.0254. The van der Waals surface area contributed by atoms with Crippen molar-refractivity contribution < 1.29 is 4.74 Å². The molecule has 1 unspecified atom stereocenters. The molecule has 4 aliphatic rings. The molecular weight excluding hydrogens is 526 g/mol. The minimum Gasteiger partial charge on any atom is -0.381 e. The van der Waals surface area contributed by atoms with Crippen molar-refractivity contribution in [3.8, 4) is 6.07 Å². The number of hydrogen-bond donors (Lipinski definition) is 2. The Morgan fingerprint density at radius 2 is 1.90 bits per heavy atom. The number of fused-ring (bicyclic) bond motifs is 3. The van der Waals surface area contributed by atoms with Crippen molar-refractivity contribution in [2.75, 3.05) is 48.0 Å². The molecule has 1 saturated carbocycles. The van der Waals surface area contributed by atoms with Crippen molar-refractivity contribution >= 4 is 34.2 Å². The highest BCUT2D eigenvalue weighted by Gasteiger charge is 2.46. The number of nitrogens with zero attached hydrogens (tertiary/aromatic N) is 7. The minimum atomic E-state index is 0.0952. The van der Waals surface area contributed by atoms with E-state index in [-0.39, 0.29) is 11.5 Å². The molecule has 3 N–H and O–H groups in total. The summed E-state index contributed by atoms with van der Waals surface area (Å²) in [5.41, 5.74) is 13.9. The monoisotopic (exact) mass is 561 g/mol. The van der Waals surface area contributed by atoms with Crippen LogP contribution in [0.3, 0.4) is 0 Å². The zero-order valence-electron chi connectivity index (χ0n) is 23.8. The number of piperidine rings is 1. The molecule has 2 aliphatic carbocycles. The fourth-order valence-corrected chi connectivity index (χ4v) is 7.69. The van der Waals surface area contributed by atoms with Gasteiger partial charge in [-0.25, -0.2) is 9.97 Å². The Balaban J connectivity index is 1.04. The van der Waals surface area contributed by atoms with Gasteiger partial charge >= 0.3 is 0 Å². The molecule has 42 heavy (non-hydrogen) atoms. The summed E-state index contributed by atoms with van der Waals surface area (Å²) in [5.74, 6) is 1.64. The van der Waals surface area contributed by atoms with Gasteiger partial charge in [-0.15, -0.1) is 0 Å². The number of hydrogen-bond acceptors (Lipinski definition) is 9. The van der Waals surface area contributed by atoms with E-state index in [1.54, 1.807) is 7.11 Å². The fourth-order valence-electron chi connectivity index (χ4n) is 7.69. The lowest BCUT2D eigenvalue weighted by Gasteiger charge is -2.47. The van der Waals surface area contributed by atoms with E-state index >= 15 is 0 Å². The van der Waals surface area contributed by atoms with E-state index < -0.39 is 0 Å². The Labute approximate surface area is 245 Å². The maximum atomic E-state index is 9.61. The summed E-state index contributed by atoms with van der Waals surface area (Å²) < 4.78 is 5.54. The van der Waals surface area contributed by atoms with Gasteiger partial charge in [-0.05, 0) is 66.8 Å². The Kier molecular flexibility index (Phi) is 5.88. The Bertz CT molecular complexity index is 1700. The first-order valence-electron chi connectivity index (χ1n) is 15.0. The molecule has 4 heterocycles. The van der Waals surface area contributed by atoms with Crippen LogP contribution >= 0.6 is 0 Å². The summed E-state index contributed by atoms with van der Waals surface area (Å²) in [6.07, 6.45) is 7.34. The first-order chi connectivity index (χ1) is 20.6. The van der Waals surface area contributed by atoms with Gasteiger partial charge < -0.3 is 25.2 Å². The molecule has 2 fully saturated rings. The molecule has 2 aliphatic heterocycles. The number of aromatic amines is 1. The number of anilines is 4. The van der Waals surface area contributed by atoms with Crippen molar-refractivity contribution in [3.63, 3.8) is 0 Å². The number of rotatable bonds is 4. The quantitative estimate of drug-likeness (QED) is 0.377. The SMILES string of the molecule is CO[C@H]1C[C@@H](N2CCN(c3n[nH]c4nc(N5CCC6(CC5)Cc5ccccc5C6N)cnc34)c3ccc(C#N)cc32)C1.